The number of benzene rings is 1. The Morgan fingerprint density at radius 2 is 2.00 bits per heavy atom. The number of halogens is 1. The Morgan fingerprint density at radius 3 is 2.46 bits per heavy atom. The molecule has 0 atom stereocenters. The van der Waals surface area contributed by atoms with Gasteiger partial charge >= 0.3 is 0 Å². The number of hydrogen-bond donors (Lipinski definition) is 2. The lowest BCUT2D eigenvalue weighted by Gasteiger charge is -2.17. The summed E-state index contributed by atoms with van der Waals surface area (Å²) in [6.45, 7) is 0. The number of hydrogen-bond acceptors (Lipinski definition) is 3. The zero-order valence-corrected chi connectivity index (χ0v) is 7.94. The second kappa shape index (κ2) is 4.25. The summed E-state index contributed by atoms with van der Waals surface area (Å²) < 4.78 is 12.5. The van der Waals surface area contributed by atoms with Gasteiger partial charge in [0.15, 0.2) is 5.17 Å². The monoisotopic (exact) mass is 199 g/mol. The van der Waals surface area contributed by atoms with Gasteiger partial charge in [0.05, 0.1) is 5.69 Å². The number of nitrogens with two attached hydrogens (primary N) is 1. The number of nitrogens with one attached hydrogen (secondary N) is 1. The number of anilines is 1. The van der Waals surface area contributed by atoms with E-state index in [0.717, 1.165) is 0 Å². The topological polar surface area (TPSA) is 53.1 Å². The molecule has 70 valence electrons. The number of amidine groups is 1. The molecule has 1 aromatic carbocycles. The molecule has 0 aliphatic heterocycles. The van der Waals surface area contributed by atoms with E-state index in [2.05, 4.69) is 0 Å². The maximum atomic E-state index is 12.5. The van der Waals surface area contributed by atoms with E-state index in [9.17, 15) is 4.39 Å². The van der Waals surface area contributed by atoms with Crippen LogP contribution in [0.3, 0.4) is 0 Å². The van der Waals surface area contributed by atoms with Crippen molar-refractivity contribution in [2.45, 2.75) is 0 Å². The van der Waals surface area contributed by atoms with Crippen LogP contribution in [0.25, 0.3) is 0 Å². The summed E-state index contributed by atoms with van der Waals surface area (Å²) >= 11 is 1.22. The number of thioether (sulfide) groups is 1. The third-order valence-corrected chi connectivity index (χ3v) is 2.10. The van der Waals surface area contributed by atoms with Gasteiger partial charge in [0, 0.05) is 0 Å². The Labute approximate surface area is 80.2 Å². The van der Waals surface area contributed by atoms with Crippen molar-refractivity contribution in [2.75, 3.05) is 11.3 Å². The molecular formula is C8H10FN3S. The number of rotatable bonds is 1. The lowest BCUT2D eigenvalue weighted by atomic mass is 10.3. The van der Waals surface area contributed by atoms with Gasteiger partial charge in [0.25, 0.3) is 0 Å². The molecule has 0 saturated carbocycles. The van der Waals surface area contributed by atoms with Crippen LogP contribution in [-0.2, 0) is 0 Å². The van der Waals surface area contributed by atoms with Gasteiger partial charge in [-0.1, -0.05) is 11.8 Å². The minimum atomic E-state index is -0.312. The maximum Gasteiger partial charge on any atom is 0.175 e. The Bertz CT molecular complexity index is 299. The van der Waals surface area contributed by atoms with E-state index >= 15 is 0 Å². The summed E-state index contributed by atoms with van der Waals surface area (Å²) in [5, 5.41) is 8.82. The molecule has 0 saturated heterocycles. The van der Waals surface area contributed by atoms with Crippen LogP contribution in [0.1, 0.15) is 0 Å². The van der Waals surface area contributed by atoms with E-state index in [1.807, 2.05) is 0 Å². The average molecular weight is 199 g/mol. The molecule has 0 radical (unpaired) electrons. The lowest BCUT2D eigenvalue weighted by molar-refractivity contribution is 0.628. The Morgan fingerprint density at radius 1 is 1.46 bits per heavy atom. The summed E-state index contributed by atoms with van der Waals surface area (Å²) in [7, 11) is 0. The fourth-order valence-corrected chi connectivity index (χ4v) is 1.12. The SMILES string of the molecule is CSC(=N)N(N)c1ccc(F)cc1. The van der Waals surface area contributed by atoms with Crippen LogP contribution in [-0.4, -0.2) is 11.4 Å². The largest absolute Gasteiger partial charge is 0.277 e. The van der Waals surface area contributed by atoms with Gasteiger partial charge in [-0.3, -0.25) is 10.4 Å². The molecule has 3 nitrogen and oxygen atoms in total. The van der Waals surface area contributed by atoms with E-state index in [0.29, 0.717) is 5.69 Å². The first-order valence-electron chi connectivity index (χ1n) is 3.58. The Kier molecular flexibility index (Phi) is 3.27. The van der Waals surface area contributed by atoms with Crippen LogP contribution in [0, 0.1) is 11.2 Å². The second-order valence-corrected chi connectivity index (χ2v) is 3.15. The van der Waals surface area contributed by atoms with Crippen molar-refractivity contribution >= 4 is 22.6 Å². The minimum absolute atomic E-state index is 0.214. The van der Waals surface area contributed by atoms with Crippen molar-refractivity contribution in [3.8, 4) is 0 Å². The maximum absolute atomic E-state index is 12.5. The van der Waals surface area contributed by atoms with E-state index in [1.54, 1.807) is 6.26 Å². The molecule has 0 bridgehead atoms. The van der Waals surface area contributed by atoms with Gasteiger partial charge in [-0.05, 0) is 30.5 Å². The Balaban J connectivity index is 2.83. The van der Waals surface area contributed by atoms with E-state index < -0.39 is 0 Å². The van der Waals surface area contributed by atoms with Crippen molar-refractivity contribution in [1.29, 1.82) is 5.41 Å². The molecule has 5 heteroatoms. The fourth-order valence-electron chi connectivity index (χ4n) is 0.817. The van der Waals surface area contributed by atoms with Gasteiger partial charge in [-0.15, -0.1) is 0 Å². The summed E-state index contributed by atoms with van der Waals surface area (Å²) in [6.07, 6.45) is 1.76. The predicted octanol–water partition coefficient (Wildman–Crippen LogP) is 1.80. The van der Waals surface area contributed by atoms with E-state index in [-0.39, 0.29) is 11.0 Å². The molecule has 1 aromatic rings. The summed E-state index contributed by atoms with van der Waals surface area (Å²) in [6, 6.07) is 5.67. The normalized spacial score (nSPS) is 9.77. The third-order valence-electron chi connectivity index (χ3n) is 1.52. The highest BCUT2D eigenvalue weighted by atomic mass is 32.2. The molecule has 0 heterocycles. The molecule has 0 unspecified atom stereocenters. The van der Waals surface area contributed by atoms with Crippen molar-refractivity contribution in [1.82, 2.24) is 0 Å². The van der Waals surface area contributed by atoms with Crippen molar-refractivity contribution < 1.29 is 4.39 Å². The van der Waals surface area contributed by atoms with Gasteiger partial charge in [-0.25, -0.2) is 10.2 Å². The minimum Gasteiger partial charge on any atom is -0.277 e. The van der Waals surface area contributed by atoms with Crippen molar-refractivity contribution in [2.24, 2.45) is 5.84 Å². The molecule has 3 N–H and O–H groups in total. The zero-order valence-electron chi connectivity index (χ0n) is 7.12. The number of hydrazine groups is 1. The molecule has 0 amide bonds. The Hall–Kier alpha value is -1.07. The molecule has 13 heavy (non-hydrogen) atoms. The first-order chi connectivity index (χ1) is 6.15. The predicted molar refractivity (Wildman–Crippen MR) is 54.3 cm³/mol. The highest BCUT2D eigenvalue weighted by molar-refractivity contribution is 8.13. The van der Waals surface area contributed by atoms with Crippen LogP contribution < -0.4 is 10.9 Å². The summed E-state index contributed by atoms with van der Waals surface area (Å²) in [4.78, 5) is 0. The molecule has 1 rings (SSSR count). The first kappa shape index (κ1) is 10.0. The quantitative estimate of drug-likeness (QED) is 0.314. The number of nitrogens with zero attached hydrogens (tertiary/aromatic N) is 1. The van der Waals surface area contributed by atoms with Crippen LogP contribution in [0.15, 0.2) is 24.3 Å². The van der Waals surface area contributed by atoms with Crippen molar-refractivity contribution in [3.05, 3.63) is 30.1 Å². The molecule has 0 aromatic heterocycles. The fraction of sp³-hybridized carbons (Fsp3) is 0.125. The molecule has 0 spiro atoms. The smallest absolute Gasteiger partial charge is 0.175 e. The van der Waals surface area contributed by atoms with Gasteiger partial charge < -0.3 is 0 Å². The lowest BCUT2D eigenvalue weighted by Crippen LogP contribution is -2.34. The van der Waals surface area contributed by atoms with Crippen molar-refractivity contribution in [3.63, 3.8) is 0 Å². The van der Waals surface area contributed by atoms with Gasteiger partial charge in [0.2, 0.25) is 0 Å². The zero-order chi connectivity index (χ0) is 9.84. The highest BCUT2D eigenvalue weighted by Crippen LogP contribution is 2.14. The van der Waals surface area contributed by atoms with Gasteiger partial charge in [-0.2, -0.15) is 0 Å². The molecule has 0 aliphatic rings. The highest BCUT2D eigenvalue weighted by Gasteiger charge is 2.05. The van der Waals surface area contributed by atoms with Crippen LogP contribution >= 0.6 is 11.8 Å². The second-order valence-electron chi connectivity index (χ2n) is 2.36. The van der Waals surface area contributed by atoms with Crippen LogP contribution in [0.2, 0.25) is 0 Å². The summed E-state index contributed by atoms with van der Waals surface area (Å²) in [5.41, 5.74) is 0.598. The first-order valence-corrected chi connectivity index (χ1v) is 4.80. The van der Waals surface area contributed by atoms with E-state index in [4.69, 9.17) is 11.3 Å². The van der Waals surface area contributed by atoms with Crippen LogP contribution in [0.4, 0.5) is 10.1 Å². The van der Waals surface area contributed by atoms with Crippen LogP contribution in [0.5, 0.6) is 0 Å². The molecule has 0 aliphatic carbocycles. The van der Waals surface area contributed by atoms with E-state index in [1.165, 1.54) is 41.0 Å². The standard InChI is InChI=1S/C8H10FN3S/c1-13-8(10)12(11)7-4-2-6(9)3-5-7/h2-5,10H,11H2,1H3. The van der Waals surface area contributed by atoms with Gasteiger partial charge in [0.1, 0.15) is 5.82 Å². The molecular weight excluding hydrogens is 189 g/mol. The molecule has 0 fully saturated rings. The average Bonchev–Trinajstić information content (AvgIpc) is 2.17. The third kappa shape index (κ3) is 2.43. The summed E-state index contributed by atoms with van der Waals surface area (Å²) in [5.74, 6) is 5.25.